The lowest BCUT2D eigenvalue weighted by atomic mass is 9.90. The summed E-state index contributed by atoms with van der Waals surface area (Å²) in [6.45, 7) is 9.46. The molecule has 0 aliphatic heterocycles. The molecule has 0 bridgehead atoms. The molecule has 24 heavy (non-hydrogen) atoms. The molecule has 0 saturated heterocycles. The van der Waals surface area contributed by atoms with Crippen molar-refractivity contribution >= 4 is 21.4 Å². The Morgan fingerprint density at radius 2 is 1.75 bits per heavy atom. The van der Waals surface area contributed by atoms with E-state index in [-0.39, 0.29) is 10.3 Å². The fourth-order valence-electron chi connectivity index (χ4n) is 2.66. The Kier molecular flexibility index (Phi) is 4.67. The highest BCUT2D eigenvalue weighted by molar-refractivity contribution is 7.90. The molecule has 5 nitrogen and oxygen atoms in total. The van der Waals surface area contributed by atoms with E-state index in [1.807, 2.05) is 27.7 Å². The second-order valence-corrected chi connectivity index (χ2v) is 9.34. The summed E-state index contributed by atoms with van der Waals surface area (Å²) in [6.07, 6.45) is 1.02. The topological polar surface area (TPSA) is 79.9 Å². The fourth-order valence-corrected chi connectivity index (χ4v) is 4.13. The first kappa shape index (κ1) is 18.7. The van der Waals surface area contributed by atoms with Crippen LogP contribution in [-0.2, 0) is 15.3 Å². The highest BCUT2D eigenvalue weighted by atomic mass is 35.5. The summed E-state index contributed by atoms with van der Waals surface area (Å²) < 4.78 is 23.5. The van der Waals surface area contributed by atoms with Crippen molar-refractivity contribution in [1.82, 2.24) is 9.97 Å². The lowest BCUT2D eigenvalue weighted by Gasteiger charge is -2.21. The van der Waals surface area contributed by atoms with Crippen molar-refractivity contribution in [2.24, 2.45) is 0 Å². The zero-order valence-corrected chi connectivity index (χ0v) is 16.2. The minimum absolute atomic E-state index is 0.205. The highest BCUT2D eigenvalue weighted by Gasteiger charge is 2.22. The molecule has 0 amide bonds. The number of halogens is 1. The minimum Gasteiger partial charge on any atom is -0.357 e. The second kappa shape index (κ2) is 6.01. The van der Waals surface area contributed by atoms with E-state index < -0.39 is 15.3 Å². The molecule has 0 aliphatic carbocycles. The summed E-state index contributed by atoms with van der Waals surface area (Å²) in [6, 6.07) is 3.04. The summed E-state index contributed by atoms with van der Waals surface area (Å²) in [5.41, 5.74) is 2.22. The van der Waals surface area contributed by atoms with Gasteiger partial charge >= 0.3 is 0 Å². The summed E-state index contributed by atoms with van der Waals surface area (Å²) in [5.74, 6) is 0. The van der Waals surface area contributed by atoms with Gasteiger partial charge in [0.1, 0.15) is 4.90 Å². The number of hydrogen-bond donors (Lipinski definition) is 1. The van der Waals surface area contributed by atoms with Gasteiger partial charge in [0, 0.05) is 34.7 Å². The number of pyridine rings is 2. The molecule has 2 aromatic rings. The Bertz CT molecular complexity index is 971. The third-order valence-corrected chi connectivity index (χ3v) is 5.24. The van der Waals surface area contributed by atoms with Crippen LogP contribution in [0.15, 0.2) is 21.8 Å². The van der Waals surface area contributed by atoms with Gasteiger partial charge in [-0.15, -0.1) is 0 Å². The van der Waals surface area contributed by atoms with Crippen LogP contribution in [0.1, 0.15) is 37.9 Å². The van der Waals surface area contributed by atoms with E-state index in [0.29, 0.717) is 27.7 Å². The number of aromatic amines is 1. The van der Waals surface area contributed by atoms with Gasteiger partial charge in [-0.2, -0.15) is 0 Å². The van der Waals surface area contributed by atoms with Crippen LogP contribution in [0.4, 0.5) is 0 Å². The maximum atomic E-state index is 12.3. The maximum Gasteiger partial charge on any atom is 0.201 e. The Morgan fingerprint density at radius 1 is 1.17 bits per heavy atom. The molecule has 7 heteroatoms. The Balaban J connectivity index is 2.71. The number of H-pyrrole nitrogens is 1. The number of aryl methyl sites for hydroxylation is 2. The summed E-state index contributed by atoms with van der Waals surface area (Å²) in [7, 11) is -3.59. The van der Waals surface area contributed by atoms with Crippen molar-refractivity contribution in [3.8, 4) is 11.3 Å². The number of sulfone groups is 1. The fraction of sp³-hybridized carbons (Fsp3) is 0.412. The van der Waals surface area contributed by atoms with Crippen molar-refractivity contribution in [3.05, 3.63) is 44.5 Å². The van der Waals surface area contributed by atoms with E-state index in [4.69, 9.17) is 11.6 Å². The van der Waals surface area contributed by atoms with Crippen molar-refractivity contribution in [1.29, 1.82) is 0 Å². The van der Waals surface area contributed by atoms with Crippen LogP contribution in [0, 0.1) is 13.8 Å². The van der Waals surface area contributed by atoms with E-state index in [2.05, 4.69) is 9.97 Å². The molecular formula is C17H21ClN2O3S. The van der Waals surface area contributed by atoms with Gasteiger partial charge in [0.15, 0.2) is 9.84 Å². The third kappa shape index (κ3) is 3.54. The van der Waals surface area contributed by atoms with Gasteiger partial charge in [0.25, 0.3) is 0 Å². The average molecular weight is 369 g/mol. The predicted octanol–water partition coefficient (Wildman–Crippen LogP) is 3.41. The standard InChI is InChI=1S/C17H21ClN2O3S/c1-9-11(7-12(18)16(20-9)17(3,4)5)13-8-14(21)15(10(2)19-13)24(6,22)23/h7-8H,1-6H3,(H,19,21). The molecule has 0 fully saturated rings. The van der Waals surface area contributed by atoms with E-state index in [0.717, 1.165) is 11.9 Å². The van der Waals surface area contributed by atoms with Crippen LogP contribution in [0.2, 0.25) is 5.02 Å². The first-order chi connectivity index (χ1) is 10.8. The number of nitrogens with one attached hydrogen (secondary N) is 1. The monoisotopic (exact) mass is 368 g/mol. The van der Waals surface area contributed by atoms with Crippen molar-refractivity contribution in [3.63, 3.8) is 0 Å². The van der Waals surface area contributed by atoms with Gasteiger partial charge in [0.2, 0.25) is 5.43 Å². The third-order valence-electron chi connectivity index (χ3n) is 3.70. The second-order valence-electron chi connectivity index (χ2n) is 6.98. The summed E-state index contributed by atoms with van der Waals surface area (Å²) in [4.78, 5) is 19.6. The Labute approximate surface area is 147 Å². The van der Waals surface area contributed by atoms with E-state index in [9.17, 15) is 13.2 Å². The zero-order chi connectivity index (χ0) is 18.4. The Morgan fingerprint density at radius 3 is 2.21 bits per heavy atom. The smallest absolute Gasteiger partial charge is 0.201 e. The molecular weight excluding hydrogens is 348 g/mol. The largest absolute Gasteiger partial charge is 0.357 e. The van der Waals surface area contributed by atoms with Crippen LogP contribution >= 0.6 is 11.6 Å². The molecule has 2 rings (SSSR count). The number of hydrogen-bond acceptors (Lipinski definition) is 4. The number of nitrogens with zero attached hydrogens (tertiary/aromatic N) is 1. The first-order valence-corrected chi connectivity index (χ1v) is 9.71. The van der Waals surface area contributed by atoms with Crippen molar-refractivity contribution in [2.75, 3.05) is 6.26 Å². The molecule has 0 unspecified atom stereocenters. The molecule has 0 spiro atoms. The van der Waals surface area contributed by atoms with E-state index in [1.165, 1.54) is 6.07 Å². The summed E-state index contributed by atoms with van der Waals surface area (Å²) >= 11 is 6.37. The maximum absolute atomic E-state index is 12.3. The zero-order valence-electron chi connectivity index (χ0n) is 14.6. The number of aromatic nitrogens is 2. The quantitative estimate of drug-likeness (QED) is 0.880. The van der Waals surface area contributed by atoms with Gasteiger partial charge in [-0.25, -0.2) is 8.42 Å². The Hall–Kier alpha value is -1.66. The molecule has 0 radical (unpaired) electrons. The first-order valence-electron chi connectivity index (χ1n) is 7.44. The van der Waals surface area contributed by atoms with Gasteiger partial charge in [-0.05, 0) is 19.9 Å². The molecule has 130 valence electrons. The molecule has 0 atom stereocenters. The van der Waals surface area contributed by atoms with Gasteiger partial charge in [-0.3, -0.25) is 9.78 Å². The lowest BCUT2D eigenvalue weighted by Crippen LogP contribution is -2.18. The molecule has 0 aliphatic rings. The van der Waals surface area contributed by atoms with Crippen molar-refractivity contribution in [2.45, 2.75) is 44.9 Å². The molecule has 0 aromatic carbocycles. The highest BCUT2D eigenvalue weighted by Crippen LogP contribution is 2.32. The van der Waals surface area contributed by atoms with Crippen LogP contribution < -0.4 is 5.43 Å². The van der Waals surface area contributed by atoms with Gasteiger partial charge < -0.3 is 4.98 Å². The minimum atomic E-state index is -3.59. The lowest BCUT2D eigenvalue weighted by molar-refractivity contribution is 0.567. The summed E-state index contributed by atoms with van der Waals surface area (Å²) in [5, 5.41) is 0.508. The van der Waals surface area contributed by atoms with Gasteiger partial charge in [-0.1, -0.05) is 32.4 Å². The molecule has 1 N–H and O–H groups in total. The van der Waals surface area contributed by atoms with Crippen LogP contribution in [-0.4, -0.2) is 24.6 Å². The molecule has 0 saturated carbocycles. The van der Waals surface area contributed by atoms with Gasteiger partial charge in [0.05, 0.1) is 16.4 Å². The van der Waals surface area contributed by atoms with E-state index >= 15 is 0 Å². The van der Waals surface area contributed by atoms with Crippen LogP contribution in [0.3, 0.4) is 0 Å². The SMILES string of the molecule is Cc1nc(C(C)(C)C)c(Cl)cc1-c1cc(=O)c(S(C)(=O)=O)c(C)[nH]1. The van der Waals surface area contributed by atoms with Crippen molar-refractivity contribution < 1.29 is 8.42 Å². The molecule has 2 aromatic heterocycles. The van der Waals surface area contributed by atoms with E-state index in [1.54, 1.807) is 13.0 Å². The molecule has 2 heterocycles. The number of rotatable bonds is 2. The average Bonchev–Trinajstić information content (AvgIpc) is 2.37. The predicted molar refractivity (Wildman–Crippen MR) is 96.6 cm³/mol. The van der Waals surface area contributed by atoms with Crippen LogP contribution in [0.25, 0.3) is 11.3 Å². The normalized spacial score (nSPS) is 12.5. The van der Waals surface area contributed by atoms with Crippen LogP contribution in [0.5, 0.6) is 0 Å².